The Bertz CT molecular complexity index is 184. The molecule has 0 aliphatic carbocycles. The van der Waals surface area contributed by atoms with E-state index in [0.717, 1.165) is 5.69 Å². The zero-order valence-electron chi connectivity index (χ0n) is 5.99. The molecular formula is C8H11NO. The fourth-order valence-corrected chi connectivity index (χ4v) is 0.822. The molecule has 1 N–H and O–H groups in total. The molecule has 0 aromatic carbocycles. The second-order valence-corrected chi connectivity index (χ2v) is 2.37. The summed E-state index contributed by atoms with van der Waals surface area (Å²) in [7, 11) is 0. The molecule has 1 heterocycles. The van der Waals surface area contributed by atoms with Crippen LogP contribution in [0.3, 0.4) is 0 Å². The lowest BCUT2D eigenvalue weighted by molar-refractivity contribution is 0.194. The van der Waals surface area contributed by atoms with Crippen LogP contribution >= 0.6 is 0 Å². The number of hydrogen-bond acceptors (Lipinski definition) is 2. The van der Waals surface area contributed by atoms with Crippen LogP contribution in [0.15, 0.2) is 24.4 Å². The van der Waals surface area contributed by atoms with Crippen LogP contribution in [0, 0.1) is 0 Å². The van der Waals surface area contributed by atoms with E-state index in [4.69, 9.17) is 5.11 Å². The molecule has 0 aliphatic heterocycles. The maximum absolute atomic E-state index is 8.97. The van der Waals surface area contributed by atoms with Gasteiger partial charge in [0.15, 0.2) is 0 Å². The Morgan fingerprint density at radius 2 is 2.40 bits per heavy atom. The molecule has 54 valence electrons. The average Bonchev–Trinajstić information content (AvgIpc) is 1.88. The van der Waals surface area contributed by atoms with Crippen molar-refractivity contribution in [2.75, 3.05) is 0 Å². The van der Waals surface area contributed by atoms with Gasteiger partial charge in [0.2, 0.25) is 0 Å². The van der Waals surface area contributed by atoms with Crippen LogP contribution in [0.4, 0.5) is 0 Å². The van der Waals surface area contributed by atoms with Gasteiger partial charge in [-0.2, -0.15) is 0 Å². The maximum atomic E-state index is 8.97. The first-order valence-corrected chi connectivity index (χ1v) is 3.37. The summed E-state index contributed by atoms with van der Waals surface area (Å²) < 4.78 is 0. The number of rotatable bonds is 2. The molecule has 1 aromatic rings. The fraction of sp³-hybridized carbons (Fsp3) is 0.375. The van der Waals surface area contributed by atoms with Crippen molar-refractivity contribution in [2.45, 2.75) is 19.4 Å². The summed E-state index contributed by atoms with van der Waals surface area (Å²) in [5.74, 6) is 0. The Labute approximate surface area is 60.5 Å². The van der Waals surface area contributed by atoms with E-state index in [9.17, 15) is 0 Å². The molecule has 1 atom stereocenters. The lowest BCUT2D eigenvalue weighted by atomic mass is 10.2. The van der Waals surface area contributed by atoms with Crippen molar-refractivity contribution < 1.29 is 5.11 Å². The summed E-state index contributed by atoms with van der Waals surface area (Å²) in [4.78, 5) is 4.06. The molecule has 0 bridgehead atoms. The van der Waals surface area contributed by atoms with Crippen molar-refractivity contribution in [2.24, 2.45) is 0 Å². The van der Waals surface area contributed by atoms with Gasteiger partial charge in [0.25, 0.3) is 0 Å². The van der Waals surface area contributed by atoms with Gasteiger partial charge in [-0.15, -0.1) is 0 Å². The summed E-state index contributed by atoms with van der Waals surface area (Å²) in [6.07, 6.45) is 2.08. The smallest absolute Gasteiger partial charge is 0.0567 e. The summed E-state index contributed by atoms with van der Waals surface area (Å²) in [6.45, 7) is 1.76. The number of pyridine rings is 1. The lowest BCUT2D eigenvalue weighted by Gasteiger charge is -2.00. The van der Waals surface area contributed by atoms with Crippen molar-refractivity contribution in [1.29, 1.82) is 0 Å². The molecule has 2 nitrogen and oxygen atoms in total. The second-order valence-electron chi connectivity index (χ2n) is 2.37. The molecule has 0 aliphatic rings. The van der Waals surface area contributed by atoms with Crippen LogP contribution < -0.4 is 0 Å². The van der Waals surface area contributed by atoms with Crippen LogP contribution in [0.25, 0.3) is 0 Å². The SMILES string of the molecule is CC(O)Cc1ccccn1. The highest BCUT2D eigenvalue weighted by Crippen LogP contribution is 1.97. The summed E-state index contributed by atoms with van der Waals surface area (Å²) in [5.41, 5.74) is 0.942. The first kappa shape index (κ1) is 7.22. The Morgan fingerprint density at radius 3 is 2.90 bits per heavy atom. The average molecular weight is 137 g/mol. The monoisotopic (exact) mass is 137 g/mol. The van der Waals surface area contributed by atoms with Gasteiger partial charge in [-0.3, -0.25) is 4.98 Å². The Morgan fingerprint density at radius 1 is 1.60 bits per heavy atom. The first-order valence-electron chi connectivity index (χ1n) is 3.37. The van der Waals surface area contributed by atoms with E-state index < -0.39 is 0 Å². The van der Waals surface area contributed by atoms with Gasteiger partial charge in [-0.05, 0) is 19.1 Å². The van der Waals surface area contributed by atoms with Gasteiger partial charge < -0.3 is 5.11 Å². The van der Waals surface area contributed by atoms with Gasteiger partial charge >= 0.3 is 0 Å². The van der Waals surface area contributed by atoms with Crippen LogP contribution in [-0.4, -0.2) is 16.2 Å². The molecule has 1 aromatic heterocycles. The molecule has 0 fully saturated rings. The lowest BCUT2D eigenvalue weighted by Crippen LogP contribution is -2.05. The second kappa shape index (κ2) is 3.32. The van der Waals surface area contributed by atoms with E-state index in [2.05, 4.69) is 4.98 Å². The normalized spacial score (nSPS) is 13.0. The third-order valence-corrected chi connectivity index (χ3v) is 1.23. The Hall–Kier alpha value is -0.890. The van der Waals surface area contributed by atoms with Gasteiger partial charge in [0.1, 0.15) is 0 Å². The number of nitrogens with zero attached hydrogens (tertiary/aromatic N) is 1. The topological polar surface area (TPSA) is 33.1 Å². The number of aliphatic hydroxyl groups excluding tert-OH is 1. The van der Waals surface area contributed by atoms with E-state index in [1.807, 2.05) is 18.2 Å². The largest absolute Gasteiger partial charge is 0.393 e. The highest BCUT2D eigenvalue weighted by Gasteiger charge is 1.97. The van der Waals surface area contributed by atoms with Crippen LogP contribution in [-0.2, 0) is 6.42 Å². The maximum Gasteiger partial charge on any atom is 0.0567 e. The summed E-state index contributed by atoms with van der Waals surface area (Å²) in [6, 6.07) is 5.70. The molecule has 0 spiro atoms. The van der Waals surface area contributed by atoms with Gasteiger partial charge in [0, 0.05) is 18.3 Å². The molecular weight excluding hydrogens is 126 g/mol. The van der Waals surface area contributed by atoms with E-state index in [-0.39, 0.29) is 6.10 Å². The van der Waals surface area contributed by atoms with E-state index in [0.29, 0.717) is 6.42 Å². The van der Waals surface area contributed by atoms with Crippen molar-refractivity contribution in [3.63, 3.8) is 0 Å². The molecule has 1 unspecified atom stereocenters. The highest BCUT2D eigenvalue weighted by molar-refractivity contribution is 5.03. The van der Waals surface area contributed by atoms with Crippen molar-refractivity contribution in [3.8, 4) is 0 Å². The number of aromatic nitrogens is 1. The quantitative estimate of drug-likeness (QED) is 0.659. The minimum absolute atomic E-state index is 0.296. The van der Waals surface area contributed by atoms with Gasteiger partial charge in [0.05, 0.1) is 6.10 Å². The zero-order chi connectivity index (χ0) is 7.40. The predicted molar refractivity (Wildman–Crippen MR) is 39.6 cm³/mol. The molecule has 1 rings (SSSR count). The molecule has 0 amide bonds. The standard InChI is InChI=1S/C8H11NO/c1-7(10)6-8-4-2-3-5-9-8/h2-5,7,10H,6H2,1H3. The van der Waals surface area contributed by atoms with Crippen LogP contribution in [0.2, 0.25) is 0 Å². The zero-order valence-corrected chi connectivity index (χ0v) is 5.99. The van der Waals surface area contributed by atoms with Gasteiger partial charge in [-0.25, -0.2) is 0 Å². The summed E-state index contributed by atoms with van der Waals surface area (Å²) >= 11 is 0. The molecule has 10 heavy (non-hydrogen) atoms. The predicted octanol–water partition coefficient (Wildman–Crippen LogP) is 1.00. The van der Waals surface area contributed by atoms with E-state index in [1.54, 1.807) is 13.1 Å². The minimum Gasteiger partial charge on any atom is -0.393 e. The Kier molecular flexibility index (Phi) is 2.40. The van der Waals surface area contributed by atoms with Gasteiger partial charge in [-0.1, -0.05) is 6.07 Å². The van der Waals surface area contributed by atoms with Crippen molar-refractivity contribution >= 4 is 0 Å². The van der Waals surface area contributed by atoms with Crippen LogP contribution in [0.5, 0.6) is 0 Å². The minimum atomic E-state index is -0.296. The molecule has 0 saturated carbocycles. The number of hydrogen-bond donors (Lipinski definition) is 1. The fourth-order valence-electron chi connectivity index (χ4n) is 0.822. The molecule has 0 radical (unpaired) electrons. The third-order valence-electron chi connectivity index (χ3n) is 1.23. The van der Waals surface area contributed by atoms with Crippen LogP contribution in [0.1, 0.15) is 12.6 Å². The van der Waals surface area contributed by atoms with E-state index in [1.165, 1.54) is 0 Å². The van der Waals surface area contributed by atoms with Crippen molar-refractivity contribution in [1.82, 2.24) is 4.98 Å². The Balaban J connectivity index is 2.59. The van der Waals surface area contributed by atoms with E-state index >= 15 is 0 Å². The highest BCUT2D eigenvalue weighted by atomic mass is 16.3. The third kappa shape index (κ3) is 2.15. The summed E-state index contributed by atoms with van der Waals surface area (Å²) in [5, 5.41) is 8.97. The molecule has 2 heteroatoms. The first-order chi connectivity index (χ1) is 4.79. The van der Waals surface area contributed by atoms with Crippen molar-refractivity contribution in [3.05, 3.63) is 30.1 Å². The number of aliphatic hydroxyl groups is 1. The molecule has 0 saturated heterocycles.